The zero-order valence-corrected chi connectivity index (χ0v) is 17.3. The first kappa shape index (κ1) is 21.2. The number of hydrogen-bond acceptors (Lipinski definition) is 7. The number of carbonyl (C=O) groups excluding carboxylic acids is 1. The minimum Gasteiger partial charge on any atom is -0.496 e. The van der Waals surface area contributed by atoms with Crippen molar-refractivity contribution in [3.05, 3.63) is 48.0 Å². The summed E-state index contributed by atoms with van der Waals surface area (Å²) in [4.78, 5) is 12.7. The summed E-state index contributed by atoms with van der Waals surface area (Å²) in [5.74, 6) is 1.54. The van der Waals surface area contributed by atoms with Crippen LogP contribution in [0.4, 0.5) is 5.82 Å². The summed E-state index contributed by atoms with van der Waals surface area (Å²) in [7, 11) is 1.51. The predicted molar refractivity (Wildman–Crippen MR) is 112 cm³/mol. The minimum atomic E-state index is -0.380. The van der Waals surface area contributed by atoms with E-state index in [0.717, 1.165) is 12.8 Å². The Balaban J connectivity index is 1.87. The third-order valence-corrected chi connectivity index (χ3v) is 4.21. The number of amides is 1. The lowest BCUT2D eigenvalue weighted by Gasteiger charge is -2.13. The maximum atomic E-state index is 12.7. The highest BCUT2D eigenvalue weighted by Gasteiger charge is 2.19. The number of ether oxygens (including phenoxy) is 3. The van der Waals surface area contributed by atoms with Crippen LogP contribution >= 0.6 is 0 Å². The van der Waals surface area contributed by atoms with Crippen molar-refractivity contribution in [1.82, 2.24) is 10.3 Å². The van der Waals surface area contributed by atoms with Crippen LogP contribution in [-0.2, 0) is 0 Å². The molecule has 0 unspecified atom stereocenters. The summed E-state index contributed by atoms with van der Waals surface area (Å²) in [5, 5.41) is 10.5. The van der Waals surface area contributed by atoms with Gasteiger partial charge in [-0.3, -0.25) is 4.79 Å². The molecule has 2 aromatic carbocycles. The molecule has 0 radical (unpaired) electrons. The lowest BCUT2D eigenvalue weighted by Crippen LogP contribution is -2.14. The van der Waals surface area contributed by atoms with Crippen molar-refractivity contribution in [2.24, 2.45) is 0 Å². The molecule has 8 heteroatoms. The molecule has 0 aliphatic heterocycles. The summed E-state index contributed by atoms with van der Waals surface area (Å²) in [6.45, 7) is 5.22. The Labute approximate surface area is 175 Å². The quantitative estimate of drug-likeness (QED) is 0.522. The topological polar surface area (TPSA) is 95.7 Å². The lowest BCUT2D eigenvalue weighted by molar-refractivity contribution is 0.102. The van der Waals surface area contributed by atoms with Crippen molar-refractivity contribution in [3.63, 3.8) is 0 Å². The van der Waals surface area contributed by atoms with Gasteiger partial charge in [-0.2, -0.15) is 0 Å². The second-order valence-electron chi connectivity index (χ2n) is 6.47. The molecule has 3 aromatic rings. The number of para-hydroxylation sites is 1. The molecule has 0 atom stereocenters. The van der Waals surface area contributed by atoms with Crippen molar-refractivity contribution in [2.75, 3.05) is 25.6 Å². The second kappa shape index (κ2) is 10.3. The van der Waals surface area contributed by atoms with E-state index in [1.165, 1.54) is 7.11 Å². The van der Waals surface area contributed by atoms with Crippen molar-refractivity contribution < 1.29 is 23.6 Å². The number of methoxy groups -OCH3 is 1. The molecule has 1 N–H and O–H groups in total. The Morgan fingerprint density at radius 1 is 0.967 bits per heavy atom. The summed E-state index contributed by atoms with van der Waals surface area (Å²) in [6, 6.07) is 12.4. The average Bonchev–Trinajstić information content (AvgIpc) is 3.24. The molecule has 0 aliphatic carbocycles. The number of benzene rings is 2. The molecule has 8 nitrogen and oxygen atoms in total. The van der Waals surface area contributed by atoms with Crippen molar-refractivity contribution in [3.8, 4) is 28.5 Å². The van der Waals surface area contributed by atoms with E-state index in [4.69, 9.17) is 18.8 Å². The number of nitrogens with zero attached hydrogens (tertiary/aromatic N) is 2. The monoisotopic (exact) mass is 411 g/mol. The molecule has 3 rings (SSSR count). The van der Waals surface area contributed by atoms with Crippen LogP contribution in [0.1, 0.15) is 37.0 Å². The Morgan fingerprint density at radius 3 is 2.43 bits per heavy atom. The fourth-order valence-electron chi connectivity index (χ4n) is 2.78. The fraction of sp³-hybridized carbons (Fsp3) is 0.318. The molecule has 0 spiro atoms. The fourth-order valence-corrected chi connectivity index (χ4v) is 2.78. The number of carbonyl (C=O) groups is 1. The molecule has 1 heterocycles. The Kier molecular flexibility index (Phi) is 7.26. The van der Waals surface area contributed by atoms with Gasteiger partial charge in [0.1, 0.15) is 5.75 Å². The van der Waals surface area contributed by atoms with Gasteiger partial charge < -0.3 is 19.5 Å². The van der Waals surface area contributed by atoms with Gasteiger partial charge in [0, 0.05) is 5.56 Å². The van der Waals surface area contributed by atoms with Crippen LogP contribution in [0.3, 0.4) is 0 Å². The SMILES string of the molecule is CCCOc1ccc(-c2nonc2NC(=O)c2ccccc2OC)cc1OCCC. The summed E-state index contributed by atoms with van der Waals surface area (Å²) < 4.78 is 21.7. The molecule has 0 bridgehead atoms. The Bertz CT molecular complexity index is 986. The van der Waals surface area contributed by atoms with Crippen molar-refractivity contribution >= 4 is 11.7 Å². The highest BCUT2D eigenvalue weighted by atomic mass is 16.6. The van der Waals surface area contributed by atoms with E-state index >= 15 is 0 Å². The van der Waals surface area contributed by atoms with Crippen LogP contribution in [0.5, 0.6) is 17.2 Å². The van der Waals surface area contributed by atoms with Crippen LogP contribution in [0, 0.1) is 0 Å². The van der Waals surface area contributed by atoms with Gasteiger partial charge in [0.05, 0.1) is 25.9 Å². The molecule has 0 saturated carbocycles. The van der Waals surface area contributed by atoms with Gasteiger partial charge in [0.2, 0.25) is 5.82 Å². The van der Waals surface area contributed by atoms with Crippen LogP contribution in [0.15, 0.2) is 47.1 Å². The van der Waals surface area contributed by atoms with E-state index in [0.29, 0.717) is 47.3 Å². The number of aromatic nitrogens is 2. The van der Waals surface area contributed by atoms with E-state index < -0.39 is 0 Å². The molecule has 30 heavy (non-hydrogen) atoms. The second-order valence-corrected chi connectivity index (χ2v) is 6.47. The molecular formula is C22H25N3O5. The maximum Gasteiger partial charge on any atom is 0.260 e. The first-order chi connectivity index (χ1) is 14.7. The largest absolute Gasteiger partial charge is 0.496 e. The van der Waals surface area contributed by atoms with Gasteiger partial charge in [-0.05, 0) is 53.5 Å². The summed E-state index contributed by atoms with van der Waals surface area (Å²) in [6.07, 6.45) is 1.75. The zero-order valence-electron chi connectivity index (χ0n) is 17.3. The molecule has 0 saturated heterocycles. The van der Waals surface area contributed by atoms with Crippen LogP contribution < -0.4 is 19.5 Å². The van der Waals surface area contributed by atoms with Crippen LogP contribution in [0.25, 0.3) is 11.3 Å². The first-order valence-electron chi connectivity index (χ1n) is 9.84. The number of anilines is 1. The Morgan fingerprint density at radius 2 is 1.70 bits per heavy atom. The minimum absolute atomic E-state index is 0.203. The smallest absolute Gasteiger partial charge is 0.260 e. The van der Waals surface area contributed by atoms with Gasteiger partial charge in [-0.15, -0.1) is 0 Å². The first-order valence-corrected chi connectivity index (χ1v) is 9.84. The average molecular weight is 411 g/mol. The lowest BCUT2D eigenvalue weighted by atomic mass is 10.1. The maximum absolute atomic E-state index is 12.7. The molecule has 158 valence electrons. The standard InChI is InChI=1S/C22H25N3O5/c1-4-12-28-18-11-10-15(14-19(18)29-13-5-2)20-21(25-30-24-20)23-22(26)16-8-6-7-9-17(16)27-3/h6-11,14H,4-5,12-13H2,1-3H3,(H,23,25,26). The zero-order chi connectivity index (χ0) is 21.3. The molecule has 0 fully saturated rings. The summed E-state index contributed by atoms with van der Waals surface area (Å²) >= 11 is 0. The Hall–Kier alpha value is -3.55. The van der Waals surface area contributed by atoms with Gasteiger partial charge in [0.15, 0.2) is 17.2 Å². The number of nitrogens with one attached hydrogen (secondary N) is 1. The van der Waals surface area contributed by atoms with Gasteiger partial charge in [0.25, 0.3) is 5.91 Å². The normalized spacial score (nSPS) is 10.5. The van der Waals surface area contributed by atoms with Crippen LogP contribution in [0.2, 0.25) is 0 Å². The number of hydrogen-bond donors (Lipinski definition) is 1. The predicted octanol–water partition coefficient (Wildman–Crippen LogP) is 4.58. The van der Waals surface area contributed by atoms with E-state index in [1.807, 2.05) is 26.0 Å². The molecule has 1 amide bonds. The highest BCUT2D eigenvalue weighted by molar-refractivity contribution is 6.07. The third kappa shape index (κ3) is 4.89. The molecule has 0 aliphatic rings. The van der Waals surface area contributed by atoms with Gasteiger partial charge in [-0.25, -0.2) is 4.63 Å². The van der Waals surface area contributed by atoms with E-state index in [9.17, 15) is 4.79 Å². The third-order valence-electron chi connectivity index (χ3n) is 4.21. The van der Waals surface area contributed by atoms with Gasteiger partial charge >= 0.3 is 0 Å². The van der Waals surface area contributed by atoms with E-state index in [1.54, 1.807) is 30.3 Å². The molecular weight excluding hydrogens is 386 g/mol. The summed E-state index contributed by atoms with van der Waals surface area (Å²) in [5.41, 5.74) is 1.45. The van der Waals surface area contributed by atoms with Crippen LogP contribution in [-0.4, -0.2) is 36.5 Å². The number of rotatable bonds is 10. The highest BCUT2D eigenvalue weighted by Crippen LogP contribution is 2.35. The van der Waals surface area contributed by atoms with E-state index in [2.05, 4.69) is 15.6 Å². The van der Waals surface area contributed by atoms with Crippen molar-refractivity contribution in [1.29, 1.82) is 0 Å². The molecule has 1 aromatic heterocycles. The van der Waals surface area contributed by atoms with E-state index in [-0.39, 0.29) is 11.7 Å². The van der Waals surface area contributed by atoms with Crippen molar-refractivity contribution in [2.45, 2.75) is 26.7 Å². The van der Waals surface area contributed by atoms with Gasteiger partial charge in [-0.1, -0.05) is 26.0 Å².